The molecule has 0 N–H and O–H groups in total. The van der Waals surface area contributed by atoms with Gasteiger partial charge in [-0.1, -0.05) is 0 Å². The van der Waals surface area contributed by atoms with E-state index in [1.54, 1.807) is 4.90 Å². The second-order valence-corrected chi connectivity index (χ2v) is 5.87. The van der Waals surface area contributed by atoms with Crippen LogP contribution in [0.5, 0.6) is 0 Å². The maximum atomic E-state index is 11.8. The van der Waals surface area contributed by atoms with E-state index in [-0.39, 0.29) is 6.09 Å². The minimum Gasteiger partial charge on any atom is -0.450 e. The number of piperazine rings is 1. The molecule has 0 saturated carbocycles. The molecule has 1 amide bonds. The number of aryl methyl sites for hydroxylation is 3. The lowest BCUT2D eigenvalue weighted by Crippen LogP contribution is -2.49. The van der Waals surface area contributed by atoms with Crippen LogP contribution in [0, 0.1) is 20.8 Å². The van der Waals surface area contributed by atoms with Gasteiger partial charge in [-0.2, -0.15) is 9.61 Å². The van der Waals surface area contributed by atoms with E-state index in [1.807, 2.05) is 32.2 Å². The van der Waals surface area contributed by atoms with E-state index in [2.05, 4.69) is 21.0 Å². The summed E-state index contributed by atoms with van der Waals surface area (Å²) < 4.78 is 6.99. The van der Waals surface area contributed by atoms with Crippen LogP contribution in [0.4, 0.5) is 10.6 Å². The summed E-state index contributed by atoms with van der Waals surface area (Å²) in [5.74, 6) is 1.03. The highest BCUT2D eigenvalue weighted by atomic mass is 16.6. The average Bonchev–Trinajstić information content (AvgIpc) is 2.82. The summed E-state index contributed by atoms with van der Waals surface area (Å²) in [5.41, 5.74) is 3.99. The Morgan fingerprint density at radius 2 is 1.91 bits per heavy atom. The fourth-order valence-electron chi connectivity index (χ4n) is 2.89. The highest BCUT2D eigenvalue weighted by Gasteiger charge is 2.24. The van der Waals surface area contributed by atoms with Crippen molar-refractivity contribution < 1.29 is 9.53 Å². The predicted octanol–water partition coefficient (Wildman–Crippen LogP) is 1.93. The van der Waals surface area contributed by atoms with Crippen LogP contribution in [0.2, 0.25) is 0 Å². The Morgan fingerprint density at radius 1 is 1.22 bits per heavy atom. The number of carbonyl (C=O) groups excluding carboxylic acids is 1. The van der Waals surface area contributed by atoms with Crippen LogP contribution >= 0.6 is 0 Å². The van der Waals surface area contributed by atoms with Crippen LogP contribution in [-0.2, 0) is 4.74 Å². The van der Waals surface area contributed by atoms with Gasteiger partial charge in [-0.3, -0.25) is 0 Å². The zero-order valence-corrected chi connectivity index (χ0v) is 14.2. The Balaban J connectivity index is 1.85. The SMILES string of the molecule is CCOC(=O)N1CCN(c2cc(C)nc3c(C)c(C)nn23)CC1. The molecule has 1 fully saturated rings. The summed E-state index contributed by atoms with van der Waals surface area (Å²) in [6.07, 6.45) is -0.228. The van der Waals surface area contributed by atoms with Gasteiger partial charge in [-0.25, -0.2) is 9.78 Å². The van der Waals surface area contributed by atoms with E-state index in [9.17, 15) is 4.79 Å². The van der Waals surface area contributed by atoms with Crippen LogP contribution < -0.4 is 4.90 Å². The van der Waals surface area contributed by atoms with E-state index < -0.39 is 0 Å². The number of fused-ring (bicyclic) bond motifs is 1. The van der Waals surface area contributed by atoms with Crippen molar-refractivity contribution in [3.63, 3.8) is 0 Å². The third-order valence-corrected chi connectivity index (χ3v) is 4.30. The zero-order chi connectivity index (χ0) is 16.6. The molecule has 1 aliphatic rings. The summed E-state index contributed by atoms with van der Waals surface area (Å²) >= 11 is 0. The standard InChI is InChI=1S/C16H23N5O2/c1-5-23-16(22)20-8-6-19(7-9-20)14-10-11(2)17-15-12(3)13(4)18-21(14)15/h10H,5-9H2,1-4H3. The summed E-state index contributed by atoms with van der Waals surface area (Å²) in [5, 5.41) is 4.62. The van der Waals surface area contributed by atoms with Gasteiger partial charge in [-0.15, -0.1) is 0 Å². The Kier molecular flexibility index (Phi) is 4.11. The van der Waals surface area contributed by atoms with Gasteiger partial charge in [0.15, 0.2) is 5.65 Å². The molecule has 3 heterocycles. The van der Waals surface area contributed by atoms with E-state index in [0.717, 1.165) is 41.5 Å². The molecule has 1 saturated heterocycles. The predicted molar refractivity (Wildman–Crippen MR) is 88.0 cm³/mol. The van der Waals surface area contributed by atoms with Gasteiger partial charge in [0, 0.05) is 43.5 Å². The van der Waals surface area contributed by atoms with Crippen LogP contribution in [0.15, 0.2) is 6.07 Å². The van der Waals surface area contributed by atoms with Crippen LogP contribution in [-0.4, -0.2) is 58.4 Å². The van der Waals surface area contributed by atoms with Gasteiger partial charge in [0.1, 0.15) is 5.82 Å². The lowest BCUT2D eigenvalue weighted by molar-refractivity contribution is 0.105. The van der Waals surface area contributed by atoms with Gasteiger partial charge in [0.2, 0.25) is 0 Å². The molecule has 0 unspecified atom stereocenters. The van der Waals surface area contributed by atoms with Crippen molar-refractivity contribution in [2.75, 3.05) is 37.7 Å². The van der Waals surface area contributed by atoms with Gasteiger partial charge in [-0.05, 0) is 27.7 Å². The maximum absolute atomic E-state index is 11.8. The first-order chi connectivity index (χ1) is 11.0. The molecule has 0 aliphatic carbocycles. The van der Waals surface area contributed by atoms with Crippen molar-refractivity contribution in [2.24, 2.45) is 0 Å². The third kappa shape index (κ3) is 2.83. The average molecular weight is 317 g/mol. The normalized spacial score (nSPS) is 15.3. The first-order valence-electron chi connectivity index (χ1n) is 8.01. The number of ether oxygens (including phenoxy) is 1. The fourth-order valence-corrected chi connectivity index (χ4v) is 2.89. The molecule has 7 heteroatoms. The van der Waals surface area contributed by atoms with E-state index in [1.165, 1.54) is 0 Å². The van der Waals surface area contributed by atoms with Crippen molar-refractivity contribution in [1.29, 1.82) is 0 Å². The minimum atomic E-state index is -0.228. The number of carbonyl (C=O) groups is 1. The quantitative estimate of drug-likeness (QED) is 0.847. The van der Waals surface area contributed by atoms with Gasteiger partial charge in [0.25, 0.3) is 0 Å². The van der Waals surface area contributed by atoms with Gasteiger partial charge >= 0.3 is 6.09 Å². The summed E-state index contributed by atoms with van der Waals surface area (Å²) in [6.45, 7) is 11.1. The number of hydrogen-bond acceptors (Lipinski definition) is 5. The van der Waals surface area contributed by atoms with E-state index in [0.29, 0.717) is 19.7 Å². The van der Waals surface area contributed by atoms with Crippen molar-refractivity contribution in [3.05, 3.63) is 23.0 Å². The topological polar surface area (TPSA) is 63.0 Å². The Morgan fingerprint density at radius 3 is 2.57 bits per heavy atom. The molecule has 0 aromatic carbocycles. The number of aromatic nitrogens is 3. The molecule has 23 heavy (non-hydrogen) atoms. The Labute approximate surface area is 135 Å². The largest absolute Gasteiger partial charge is 0.450 e. The molecule has 3 rings (SSSR count). The summed E-state index contributed by atoms with van der Waals surface area (Å²) in [6, 6.07) is 2.05. The molecule has 2 aromatic heterocycles. The zero-order valence-electron chi connectivity index (χ0n) is 14.2. The van der Waals surface area contributed by atoms with Crippen LogP contribution in [0.25, 0.3) is 5.65 Å². The Hall–Kier alpha value is -2.31. The molecule has 2 aromatic rings. The Bertz CT molecular complexity index is 732. The van der Waals surface area contributed by atoms with E-state index in [4.69, 9.17) is 4.74 Å². The molecular weight excluding hydrogens is 294 g/mol. The van der Waals surface area contributed by atoms with Gasteiger partial charge < -0.3 is 14.5 Å². The second kappa shape index (κ2) is 6.06. The summed E-state index contributed by atoms with van der Waals surface area (Å²) in [7, 11) is 0. The number of amides is 1. The molecule has 0 radical (unpaired) electrons. The molecule has 7 nitrogen and oxygen atoms in total. The smallest absolute Gasteiger partial charge is 0.409 e. The monoisotopic (exact) mass is 317 g/mol. The van der Waals surface area contributed by atoms with Crippen molar-refractivity contribution >= 4 is 17.6 Å². The molecule has 0 atom stereocenters. The maximum Gasteiger partial charge on any atom is 0.409 e. The van der Waals surface area contributed by atoms with Crippen molar-refractivity contribution in [3.8, 4) is 0 Å². The minimum absolute atomic E-state index is 0.228. The number of nitrogens with zero attached hydrogens (tertiary/aromatic N) is 5. The first kappa shape index (κ1) is 15.6. The van der Waals surface area contributed by atoms with Crippen LogP contribution in [0.1, 0.15) is 23.9 Å². The fraction of sp³-hybridized carbons (Fsp3) is 0.562. The molecular formula is C16H23N5O2. The van der Waals surface area contributed by atoms with Gasteiger partial charge in [0.05, 0.1) is 12.3 Å². The highest BCUT2D eigenvalue weighted by molar-refractivity contribution is 5.68. The highest BCUT2D eigenvalue weighted by Crippen LogP contribution is 2.22. The van der Waals surface area contributed by atoms with Crippen LogP contribution in [0.3, 0.4) is 0 Å². The van der Waals surface area contributed by atoms with Crippen molar-refractivity contribution in [2.45, 2.75) is 27.7 Å². The molecule has 1 aliphatic heterocycles. The van der Waals surface area contributed by atoms with Crippen molar-refractivity contribution in [1.82, 2.24) is 19.5 Å². The lowest BCUT2D eigenvalue weighted by atomic mass is 10.2. The third-order valence-electron chi connectivity index (χ3n) is 4.30. The second-order valence-electron chi connectivity index (χ2n) is 5.87. The molecule has 0 spiro atoms. The number of anilines is 1. The summed E-state index contributed by atoms with van der Waals surface area (Å²) in [4.78, 5) is 20.4. The lowest BCUT2D eigenvalue weighted by Gasteiger charge is -2.35. The number of rotatable bonds is 2. The molecule has 0 bridgehead atoms. The molecule has 124 valence electrons. The number of hydrogen-bond donors (Lipinski definition) is 0. The van der Waals surface area contributed by atoms with E-state index >= 15 is 0 Å². The first-order valence-corrected chi connectivity index (χ1v) is 8.01.